The summed E-state index contributed by atoms with van der Waals surface area (Å²) in [6.07, 6.45) is 0.513. The van der Waals surface area contributed by atoms with E-state index in [2.05, 4.69) is 0 Å². The lowest BCUT2D eigenvalue weighted by Crippen LogP contribution is -2.14. The van der Waals surface area contributed by atoms with E-state index >= 15 is 0 Å². The van der Waals surface area contributed by atoms with Gasteiger partial charge in [0.05, 0.1) is 5.56 Å². The maximum absolute atomic E-state index is 12.0. The van der Waals surface area contributed by atoms with Crippen molar-refractivity contribution in [3.63, 3.8) is 0 Å². The first-order chi connectivity index (χ1) is 10.1. The quantitative estimate of drug-likeness (QED) is 0.348. The maximum atomic E-state index is 12.0. The average Bonchev–Trinajstić information content (AvgIpc) is 2.49. The third-order valence-corrected chi connectivity index (χ3v) is 3.65. The van der Waals surface area contributed by atoms with E-state index in [0.717, 1.165) is 10.9 Å². The highest BCUT2D eigenvalue weighted by Crippen LogP contribution is 2.15. The van der Waals surface area contributed by atoms with Crippen LogP contribution in [0.5, 0.6) is 0 Å². The molecule has 0 aliphatic heterocycles. The second-order valence-corrected chi connectivity index (χ2v) is 5.32. The average molecular weight is 295 g/mol. The van der Waals surface area contributed by atoms with Gasteiger partial charge in [0.2, 0.25) is 0 Å². The molecule has 0 radical (unpaired) electrons. The minimum absolute atomic E-state index is 0.394. The third kappa shape index (κ3) is 2.85. The lowest BCUT2D eigenvalue weighted by molar-refractivity contribution is 0.559. The van der Waals surface area contributed by atoms with E-state index in [-0.39, 0.29) is 0 Å². The fourth-order valence-corrected chi connectivity index (χ4v) is 2.48. The van der Waals surface area contributed by atoms with E-state index in [0.29, 0.717) is 28.1 Å². The molecule has 3 aromatic rings. The Morgan fingerprint density at radius 3 is 2.57 bits per heavy atom. The monoisotopic (exact) mass is 295 g/mol. The number of anilines is 1. The second kappa shape index (κ2) is 5.50. The molecule has 0 atom stereocenters. The summed E-state index contributed by atoms with van der Waals surface area (Å²) in [5, 5.41) is 0.867. The van der Waals surface area contributed by atoms with Crippen molar-refractivity contribution in [2.45, 2.75) is 6.42 Å². The van der Waals surface area contributed by atoms with Gasteiger partial charge in [-0.3, -0.25) is 0 Å². The zero-order chi connectivity index (χ0) is 14.8. The molecule has 0 saturated carbocycles. The lowest BCUT2D eigenvalue weighted by atomic mass is 10.0. The van der Waals surface area contributed by atoms with Gasteiger partial charge < -0.3 is 10.2 Å². The first kappa shape index (κ1) is 13.5. The second-order valence-electron chi connectivity index (χ2n) is 4.83. The van der Waals surface area contributed by atoms with Crippen molar-refractivity contribution in [3.05, 3.63) is 76.1 Å². The van der Waals surface area contributed by atoms with Gasteiger partial charge in [0.25, 0.3) is 0 Å². The van der Waals surface area contributed by atoms with Crippen LogP contribution in [0.2, 0.25) is 0 Å². The highest BCUT2D eigenvalue weighted by Gasteiger charge is 2.10. The van der Waals surface area contributed by atoms with Crippen LogP contribution in [0.3, 0.4) is 0 Å². The van der Waals surface area contributed by atoms with Crippen molar-refractivity contribution < 1.29 is 4.42 Å². The third-order valence-electron chi connectivity index (χ3n) is 3.29. The molecule has 104 valence electrons. The van der Waals surface area contributed by atoms with E-state index < -0.39 is 5.63 Å². The van der Waals surface area contributed by atoms with E-state index in [1.54, 1.807) is 12.1 Å². The zero-order valence-corrected chi connectivity index (χ0v) is 12.0. The first-order valence-electron chi connectivity index (χ1n) is 6.54. The number of para-hydroxylation sites is 1. The number of thiocarbonyl (C=S) groups is 1. The van der Waals surface area contributed by atoms with Crippen LogP contribution in [0.4, 0.5) is 5.69 Å². The summed E-state index contributed by atoms with van der Waals surface area (Å²) in [5.74, 6) is 0. The van der Waals surface area contributed by atoms with Crippen LogP contribution in [0.15, 0.2) is 63.8 Å². The van der Waals surface area contributed by atoms with Crippen LogP contribution in [-0.2, 0) is 6.42 Å². The van der Waals surface area contributed by atoms with Crippen LogP contribution in [-0.4, -0.2) is 4.86 Å². The Balaban J connectivity index is 1.95. The van der Waals surface area contributed by atoms with Crippen molar-refractivity contribution in [1.29, 1.82) is 0 Å². The summed E-state index contributed by atoms with van der Waals surface area (Å²) < 4.78 is 5.31. The molecular formula is C17H13NO2S. The molecule has 4 heteroatoms. The normalized spacial score (nSPS) is 10.7. The van der Waals surface area contributed by atoms with Crippen LogP contribution < -0.4 is 11.4 Å². The standard InChI is InChI=1S/C17H13NO2S/c18-13-7-5-11(6-8-13)9-16(21)14-10-12-3-1-2-4-15(12)20-17(14)19/h1-8,10H,9,18H2. The van der Waals surface area contributed by atoms with Gasteiger partial charge in [-0.15, -0.1) is 0 Å². The molecule has 1 aromatic heterocycles. The van der Waals surface area contributed by atoms with E-state index in [1.807, 2.05) is 42.5 Å². The molecule has 3 rings (SSSR count). The Morgan fingerprint density at radius 2 is 1.81 bits per heavy atom. The van der Waals surface area contributed by atoms with Crippen LogP contribution in [0.1, 0.15) is 11.1 Å². The largest absolute Gasteiger partial charge is 0.422 e. The maximum Gasteiger partial charge on any atom is 0.344 e. The zero-order valence-electron chi connectivity index (χ0n) is 11.2. The Kier molecular flexibility index (Phi) is 3.54. The summed E-state index contributed by atoms with van der Waals surface area (Å²) in [4.78, 5) is 12.6. The van der Waals surface area contributed by atoms with Gasteiger partial charge in [-0.2, -0.15) is 0 Å². The molecule has 0 unspecified atom stereocenters. The molecule has 0 amide bonds. The van der Waals surface area contributed by atoms with Crippen molar-refractivity contribution in [2.75, 3.05) is 5.73 Å². The van der Waals surface area contributed by atoms with E-state index in [9.17, 15) is 4.79 Å². The van der Waals surface area contributed by atoms with Gasteiger partial charge in [0.1, 0.15) is 5.58 Å². The summed E-state index contributed by atoms with van der Waals surface area (Å²) in [6.45, 7) is 0. The lowest BCUT2D eigenvalue weighted by Gasteiger charge is -2.05. The molecule has 3 nitrogen and oxygen atoms in total. The first-order valence-corrected chi connectivity index (χ1v) is 6.95. The molecule has 0 aliphatic carbocycles. The molecule has 0 spiro atoms. The number of nitrogen functional groups attached to an aromatic ring is 1. The van der Waals surface area contributed by atoms with Crippen LogP contribution >= 0.6 is 12.2 Å². The van der Waals surface area contributed by atoms with Crippen molar-refractivity contribution in [2.24, 2.45) is 0 Å². The minimum Gasteiger partial charge on any atom is -0.422 e. The predicted octanol–water partition coefficient (Wildman–Crippen LogP) is 3.34. The SMILES string of the molecule is Nc1ccc(CC(=S)c2cc3ccccc3oc2=O)cc1. The molecule has 1 heterocycles. The van der Waals surface area contributed by atoms with Gasteiger partial charge in [-0.25, -0.2) is 4.79 Å². The number of fused-ring (bicyclic) bond motifs is 1. The van der Waals surface area contributed by atoms with Gasteiger partial charge in [0.15, 0.2) is 0 Å². The number of hydrogen-bond acceptors (Lipinski definition) is 4. The smallest absolute Gasteiger partial charge is 0.344 e. The van der Waals surface area contributed by atoms with Crippen molar-refractivity contribution >= 4 is 33.7 Å². The Morgan fingerprint density at radius 1 is 1.10 bits per heavy atom. The fourth-order valence-electron chi connectivity index (χ4n) is 2.17. The van der Waals surface area contributed by atoms with Crippen molar-refractivity contribution in [3.8, 4) is 0 Å². The van der Waals surface area contributed by atoms with Gasteiger partial charge in [-0.05, 0) is 29.8 Å². The number of benzene rings is 2. The number of rotatable bonds is 3. The summed E-state index contributed by atoms with van der Waals surface area (Å²) in [5.41, 5.74) is 8.00. The Labute approximate surface area is 127 Å². The van der Waals surface area contributed by atoms with E-state index in [1.165, 1.54) is 0 Å². The molecular weight excluding hydrogens is 282 g/mol. The minimum atomic E-state index is -0.394. The number of nitrogens with two attached hydrogens (primary N) is 1. The fraction of sp³-hybridized carbons (Fsp3) is 0.0588. The molecule has 0 saturated heterocycles. The van der Waals surface area contributed by atoms with Gasteiger partial charge in [0, 0.05) is 22.4 Å². The molecule has 0 aliphatic rings. The summed E-state index contributed by atoms with van der Waals surface area (Å²) in [6, 6.07) is 16.6. The van der Waals surface area contributed by atoms with Gasteiger partial charge >= 0.3 is 5.63 Å². The predicted molar refractivity (Wildman–Crippen MR) is 88.7 cm³/mol. The Bertz CT molecular complexity index is 866. The highest BCUT2D eigenvalue weighted by atomic mass is 32.1. The molecule has 0 fully saturated rings. The van der Waals surface area contributed by atoms with Gasteiger partial charge in [-0.1, -0.05) is 42.5 Å². The van der Waals surface area contributed by atoms with Crippen LogP contribution in [0.25, 0.3) is 11.0 Å². The molecule has 0 bridgehead atoms. The summed E-state index contributed by atoms with van der Waals surface area (Å²) >= 11 is 5.39. The molecule has 21 heavy (non-hydrogen) atoms. The molecule has 2 N–H and O–H groups in total. The molecule has 2 aromatic carbocycles. The summed E-state index contributed by atoms with van der Waals surface area (Å²) in [7, 11) is 0. The topological polar surface area (TPSA) is 56.2 Å². The van der Waals surface area contributed by atoms with E-state index in [4.69, 9.17) is 22.4 Å². The highest BCUT2D eigenvalue weighted by molar-refractivity contribution is 7.80. The number of hydrogen-bond donors (Lipinski definition) is 1. The van der Waals surface area contributed by atoms with Crippen molar-refractivity contribution in [1.82, 2.24) is 0 Å². The van der Waals surface area contributed by atoms with Crippen LogP contribution in [0, 0.1) is 0 Å². The Hall–Kier alpha value is -2.46.